The maximum absolute atomic E-state index is 8.60. The molecule has 7 heavy (non-hydrogen) atoms. The van der Waals surface area contributed by atoms with Crippen molar-refractivity contribution in [3.63, 3.8) is 0 Å². The minimum atomic E-state index is -0.463. The monoisotopic (exact) mass is 103 g/mol. The molecule has 0 aromatic carbocycles. The topological polar surface area (TPSA) is 66.5 Å². The van der Waals surface area contributed by atoms with Crippen molar-refractivity contribution in [1.29, 1.82) is 0 Å². The van der Waals surface area contributed by atoms with Crippen molar-refractivity contribution < 1.29 is 10.2 Å². The predicted molar refractivity (Wildman–Crippen MR) is 24.6 cm³/mol. The molecule has 1 rings (SSSR count). The van der Waals surface area contributed by atoms with Gasteiger partial charge in [-0.1, -0.05) is 0 Å². The fourth-order valence-electron chi connectivity index (χ4n) is 0.622. The van der Waals surface area contributed by atoms with Crippen molar-refractivity contribution in [3.05, 3.63) is 0 Å². The first-order chi connectivity index (χ1) is 3.22. The zero-order chi connectivity index (χ0) is 5.44. The lowest BCUT2D eigenvalue weighted by Gasteiger charge is -2.34. The molecule has 0 aromatic rings. The van der Waals surface area contributed by atoms with Crippen LogP contribution < -0.4 is 5.73 Å². The van der Waals surface area contributed by atoms with Crippen molar-refractivity contribution in [1.82, 2.24) is 0 Å². The van der Waals surface area contributed by atoms with Gasteiger partial charge in [-0.05, 0) is 0 Å². The minimum Gasteiger partial charge on any atom is -0.391 e. The van der Waals surface area contributed by atoms with E-state index in [0.717, 1.165) is 0 Å². The molecule has 0 aromatic heterocycles. The zero-order valence-corrected chi connectivity index (χ0v) is 3.91. The molecule has 3 heteroatoms. The molecular weight excluding hydrogens is 94.0 g/mol. The number of nitrogens with two attached hydrogens (primary N) is 1. The van der Waals surface area contributed by atoms with Gasteiger partial charge in [-0.3, -0.25) is 0 Å². The van der Waals surface area contributed by atoms with Gasteiger partial charge >= 0.3 is 0 Å². The molecule has 0 heterocycles. The molecule has 2 atom stereocenters. The SMILES string of the molecule is NC1C(O)CC1O. The van der Waals surface area contributed by atoms with Crippen molar-refractivity contribution in [3.8, 4) is 0 Å². The molecule has 1 aliphatic carbocycles. The second-order valence-corrected chi connectivity index (χ2v) is 1.95. The van der Waals surface area contributed by atoms with Crippen LogP contribution in [-0.4, -0.2) is 28.5 Å². The summed E-state index contributed by atoms with van der Waals surface area (Å²) in [6.45, 7) is 0. The first-order valence-corrected chi connectivity index (χ1v) is 2.33. The lowest BCUT2D eigenvalue weighted by molar-refractivity contribution is -0.0482. The van der Waals surface area contributed by atoms with E-state index in [4.69, 9.17) is 15.9 Å². The molecule has 0 spiro atoms. The minimum absolute atomic E-state index is 0.389. The summed E-state index contributed by atoms with van der Waals surface area (Å²) in [6, 6.07) is -0.389. The number of aliphatic hydroxyl groups excluding tert-OH is 2. The number of hydrogen-bond acceptors (Lipinski definition) is 3. The number of aliphatic hydroxyl groups is 2. The highest BCUT2D eigenvalue weighted by Gasteiger charge is 2.34. The molecular formula is C4H9NO2. The van der Waals surface area contributed by atoms with E-state index in [9.17, 15) is 0 Å². The van der Waals surface area contributed by atoms with E-state index < -0.39 is 12.2 Å². The summed E-state index contributed by atoms with van der Waals surface area (Å²) in [5.41, 5.74) is 5.17. The van der Waals surface area contributed by atoms with E-state index in [-0.39, 0.29) is 6.04 Å². The summed E-state index contributed by atoms with van der Waals surface area (Å²) >= 11 is 0. The smallest absolute Gasteiger partial charge is 0.0741 e. The molecule has 1 aliphatic rings. The van der Waals surface area contributed by atoms with E-state index in [1.807, 2.05) is 0 Å². The van der Waals surface area contributed by atoms with Gasteiger partial charge in [-0.2, -0.15) is 0 Å². The van der Waals surface area contributed by atoms with Gasteiger partial charge in [-0.15, -0.1) is 0 Å². The molecule has 2 unspecified atom stereocenters. The summed E-state index contributed by atoms with van der Waals surface area (Å²) in [7, 11) is 0. The third-order valence-electron chi connectivity index (χ3n) is 1.37. The van der Waals surface area contributed by atoms with Gasteiger partial charge in [0.2, 0.25) is 0 Å². The van der Waals surface area contributed by atoms with Crippen LogP contribution in [0.5, 0.6) is 0 Å². The quantitative estimate of drug-likeness (QED) is 0.347. The summed E-state index contributed by atoms with van der Waals surface area (Å²) in [6.07, 6.45) is -0.480. The Bertz CT molecular complexity index is 68.1. The largest absolute Gasteiger partial charge is 0.391 e. The Morgan fingerprint density at radius 3 is 1.71 bits per heavy atom. The van der Waals surface area contributed by atoms with Gasteiger partial charge in [-0.25, -0.2) is 0 Å². The van der Waals surface area contributed by atoms with Gasteiger partial charge in [0.15, 0.2) is 0 Å². The van der Waals surface area contributed by atoms with Crippen LogP contribution in [0.2, 0.25) is 0 Å². The second kappa shape index (κ2) is 1.43. The van der Waals surface area contributed by atoms with Crippen LogP contribution in [0.25, 0.3) is 0 Å². The number of hydrogen-bond donors (Lipinski definition) is 3. The highest BCUT2D eigenvalue weighted by molar-refractivity contribution is 4.92. The molecule has 1 saturated carbocycles. The van der Waals surface area contributed by atoms with E-state index in [1.165, 1.54) is 0 Å². The van der Waals surface area contributed by atoms with Crippen molar-refractivity contribution >= 4 is 0 Å². The third kappa shape index (κ3) is 0.627. The Balaban J connectivity index is 2.29. The second-order valence-electron chi connectivity index (χ2n) is 1.95. The van der Waals surface area contributed by atoms with Crippen LogP contribution >= 0.6 is 0 Å². The average Bonchev–Trinajstić information content (AvgIpc) is 1.68. The van der Waals surface area contributed by atoms with Crippen LogP contribution in [0, 0.1) is 0 Å². The average molecular weight is 103 g/mol. The van der Waals surface area contributed by atoms with Gasteiger partial charge < -0.3 is 15.9 Å². The van der Waals surface area contributed by atoms with Gasteiger partial charge in [0.1, 0.15) is 0 Å². The Morgan fingerprint density at radius 1 is 1.29 bits per heavy atom. The summed E-state index contributed by atoms with van der Waals surface area (Å²) < 4.78 is 0. The normalized spacial score (nSPS) is 51.0. The van der Waals surface area contributed by atoms with E-state index in [0.29, 0.717) is 6.42 Å². The standard InChI is InChI=1S/C4H9NO2/c5-4-2(6)1-3(4)7/h2-4,6-7H,1,5H2. The van der Waals surface area contributed by atoms with E-state index in [2.05, 4.69) is 0 Å². The van der Waals surface area contributed by atoms with E-state index in [1.54, 1.807) is 0 Å². The summed E-state index contributed by atoms with van der Waals surface area (Å²) in [5.74, 6) is 0. The van der Waals surface area contributed by atoms with Crippen LogP contribution in [0.1, 0.15) is 6.42 Å². The maximum atomic E-state index is 8.60. The molecule has 0 saturated heterocycles. The molecule has 0 amide bonds. The van der Waals surface area contributed by atoms with Crippen molar-refractivity contribution in [2.45, 2.75) is 24.7 Å². The molecule has 3 nitrogen and oxygen atoms in total. The summed E-state index contributed by atoms with van der Waals surface area (Å²) in [4.78, 5) is 0. The van der Waals surface area contributed by atoms with E-state index >= 15 is 0 Å². The van der Waals surface area contributed by atoms with Gasteiger partial charge in [0, 0.05) is 6.42 Å². The molecule has 0 bridgehead atoms. The molecule has 0 radical (unpaired) electrons. The van der Waals surface area contributed by atoms with Crippen LogP contribution in [0.3, 0.4) is 0 Å². The van der Waals surface area contributed by atoms with Gasteiger partial charge in [0.05, 0.1) is 18.2 Å². The Kier molecular flexibility index (Phi) is 1.03. The molecule has 4 N–H and O–H groups in total. The fraction of sp³-hybridized carbons (Fsp3) is 1.00. The van der Waals surface area contributed by atoms with Crippen LogP contribution in [-0.2, 0) is 0 Å². The van der Waals surface area contributed by atoms with Crippen LogP contribution in [0.15, 0.2) is 0 Å². The Hall–Kier alpha value is -0.120. The first kappa shape index (κ1) is 5.03. The van der Waals surface area contributed by atoms with Gasteiger partial charge in [0.25, 0.3) is 0 Å². The molecule has 42 valence electrons. The zero-order valence-electron chi connectivity index (χ0n) is 3.91. The Labute approximate surface area is 41.8 Å². The predicted octanol–water partition coefficient (Wildman–Crippen LogP) is -1.56. The fourth-order valence-corrected chi connectivity index (χ4v) is 0.622. The third-order valence-corrected chi connectivity index (χ3v) is 1.37. The maximum Gasteiger partial charge on any atom is 0.0741 e. The highest BCUT2D eigenvalue weighted by Crippen LogP contribution is 2.17. The number of rotatable bonds is 0. The lowest BCUT2D eigenvalue weighted by atomic mass is 9.87. The Morgan fingerprint density at radius 2 is 1.71 bits per heavy atom. The van der Waals surface area contributed by atoms with Crippen molar-refractivity contribution in [2.24, 2.45) is 5.73 Å². The molecule has 0 aliphatic heterocycles. The van der Waals surface area contributed by atoms with Crippen molar-refractivity contribution in [2.75, 3.05) is 0 Å². The highest BCUT2D eigenvalue weighted by atomic mass is 16.3. The summed E-state index contributed by atoms with van der Waals surface area (Å²) in [5, 5.41) is 17.2. The van der Waals surface area contributed by atoms with Crippen LogP contribution in [0.4, 0.5) is 0 Å². The first-order valence-electron chi connectivity index (χ1n) is 2.33. The molecule has 1 fully saturated rings. The lowest BCUT2D eigenvalue weighted by Crippen LogP contribution is -2.56.